The van der Waals surface area contributed by atoms with Crippen LogP contribution in [0.3, 0.4) is 0 Å². The highest BCUT2D eigenvalue weighted by atomic mass is 32.2. The Bertz CT molecular complexity index is 1300. The van der Waals surface area contributed by atoms with Gasteiger partial charge < -0.3 is 19.5 Å². The lowest BCUT2D eigenvalue weighted by molar-refractivity contribution is 0.102. The van der Waals surface area contributed by atoms with Gasteiger partial charge in [0.15, 0.2) is 10.9 Å². The molecule has 1 atom stereocenters. The summed E-state index contributed by atoms with van der Waals surface area (Å²) < 4.78 is 27.7. The van der Waals surface area contributed by atoms with Crippen LogP contribution in [0.2, 0.25) is 0 Å². The number of nitrogens with zero attached hydrogens (tertiary/aromatic N) is 3. The van der Waals surface area contributed by atoms with Gasteiger partial charge in [0.1, 0.15) is 6.61 Å². The third-order valence-corrected chi connectivity index (χ3v) is 5.76. The van der Waals surface area contributed by atoms with Crippen LogP contribution in [0, 0.1) is 18.3 Å². The van der Waals surface area contributed by atoms with Crippen LogP contribution in [0.4, 0.5) is 11.5 Å². The fourth-order valence-electron chi connectivity index (χ4n) is 3.56. The zero-order valence-corrected chi connectivity index (χ0v) is 18.5. The lowest BCUT2D eigenvalue weighted by Gasteiger charge is -2.28. The zero-order valence-electron chi connectivity index (χ0n) is 17.6. The Morgan fingerprint density at radius 2 is 2.00 bits per heavy atom. The van der Waals surface area contributed by atoms with Crippen molar-refractivity contribution in [2.75, 3.05) is 23.4 Å². The molecule has 33 heavy (non-hydrogen) atoms. The van der Waals surface area contributed by atoms with E-state index in [0.29, 0.717) is 29.2 Å². The van der Waals surface area contributed by atoms with Crippen LogP contribution < -0.4 is 10.2 Å². The van der Waals surface area contributed by atoms with Crippen molar-refractivity contribution < 1.29 is 18.3 Å². The van der Waals surface area contributed by atoms with Gasteiger partial charge in [0.05, 0.1) is 30.1 Å². The van der Waals surface area contributed by atoms with Crippen LogP contribution in [0.25, 0.3) is 11.1 Å². The Morgan fingerprint density at radius 3 is 2.73 bits per heavy atom. The molecule has 3 aromatic rings. The van der Waals surface area contributed by atoms with Gasteiger partial charge in [0.2, 0.25) is 0 Å². The first-order valence-corrected chi connectivity index (χ1v) is 11.1. The molecule has 166 valence electrons. The summed E-state index contributed by atoms with van der Waals surface area (Å²) in [6, 6.07) is 18.1. The molecule has 2 aromatic carbocycles. The summed E-state index contributed by atoms with van der Waals surface area (Å²) >= 11 is -2.51. The quantitative estimate of drug-likeness (QED) is 0.578. The topological polar surface area (TPSA) is 118 Å². The maximum Gasteiger partial charge on any atom is 0.256 e. The summed E-state index contributed by atoms with van der Waals surface area (Å²) in [4.78, 5) is 19.1. The summed E-state index contributed by atoms with van der Waals surface area (Å²) in [7, 11) is 0. The molecule has 1 aliphatic heterocycles. The van der Waals surface area contributed by atoms with E-state index in [1.165, 1.54) is 6.20 Å². The van der Waals surface area contributed by atoms with Crippen LogP contribution in [0.15, 0.2) is 72.1 Å². The highest BCUT2D eigenvalue weighted by molar-refractivity contribution is 7.83. The minimum absolute atomic E-state index is 0.176. The first kappa shape index (κ1) is 22.2. The van der Waals surface area contributed by atoms with Crippen LogP contribution in [-0.4, -0.2) is 32.8 Å². The number of hydrogen-bond acceptors (Lipinski definition) is 7. The average molecular weight is 460 g/mol. The van der Waals surface area contributed by atoms with Gasteiger partial charge >= 0.3 is 0 Å². The largest absolute Gasteiger partial charge is 0.766 e. The van der Waals surface area contributed by atoms with Crippen molar-refractivity contribution in [1.29, 1.82) is 5.26 Å². The van der Waals surface area contributed by atoms with Gasteiger partial charge in [-0.05, 0) is 53.9 Å². The molecule has 1 unspecified atom stereocenters. The van der Waals surface area contributed by atoms with E-state index in [0.717, 1.165) is 16.7 Å². The SMILES string of the molecule is Cc1c(C(=O)Nc2cccnc2N2C=C(S(=O)[O-])OCC2)cccc1-c1ccc(C#N)cc1. The summed E-state index contributed by atoms with van der Waals surface area (Å²) in [6.45, 7) is 2.43. The van der Waals surface area contributed by atoms with Gasteiger partial charge in [0.25, 0.3) is 5.91 Å². The Balaban J connectivity index is 1.63. The van der Waals surface area contributed by atoms with Gasteiger partial charge in [0, 0.05) is 22.8 Å². The molecule has 1 amide bonds. The summed E-state index contributed by atoms with van der Waals surface area (Å²) in [5, 5.41) is 11.7. The Kier molecular flexibility index (Phi) is 6.49. The standard InChI is InChI=1S/C24H20N4O4S/c1-16-19(18-9-7-17(14-25)8-10-18)4-2-5-20(16)24(29)27-21-6-3-11-26-23(21)28-12-13-32-22(15-28)33(30)31/h2-11,15H,12-13H2,1H3,(H,27,29)(H,30,31)/p-1. The number of ether oxygens (including phenoxy) is 1. The van der Waals surface area contributed by atoms with Crippen molar-refractivity contribution in [2.24, 2.45) is 0 Å². The van der Waals surface area contributed by atoms with Crippen LogP contribution in [0.5, 0.6) is 0 Å². The number of nitrogens with one attached hydrogen (secondary N) is 1. The number of benzene rings is 2. The fraction of sp³-hybridized carbons (Fsp3) is 0.125. The first-order chi connectivity index (χ1) is 16.0. The molecule has 1 aromatic heterocycles. The van der Waals surface area contributed by atoms with Crippen molar-refractivity contribution in [3.63, 3.8) is 0 Å². The van der Waals surface area contributed by atoms with E-state index in [1.807, 2.05) is 25.1 Å². The predicted molar refractivity (Wildman–Crippen MR) is 124 cm³/mol. The maximum atomic E-state index is 13.2. The van der Waals surface area contributed by atoms with E-state index >= 15 is 0 Å². The molecule has 9 heteroatoms. The van der Waals surface area contributed by atoms with Crippen molar-refractivity contribution in [3.8, 4) is 17.2 Å². The minimum atomic E-state index is -2.51. The summed E-state index contributed by atoms with van der Waals surface area (Å²) in [6.07, 6.45) is 2.92. The van der Waals surface area contributed by atoms with Crippen molar-refractivity contribution in [2.45, 2.75) is 6.92 Å². The van der Waals surface area contributed by atoms with E-state index in [9.17, 15) is 13.6 Å². The van der Waals surface area contributed by atoms with Crippen LogP contribution >= 0.6 is 0 Å². The van der Waals surface area contributed by atoms with E-state index in [-0.39, 0.29) is 17.6 Å². The Hall–Kier alpha value is -4.00. The highest BCUT2D eigenvalue weighted by Crippen LogP contribution is 2.29. The minimum Gasteiger partial charge on any atom is -0.766 e. The van der Waals surface area contributed by atoms with E-state index in [2.05, 4.69) is 16.4 Å². The second-order valence-electron chi connectivity index (χ2n) is 7.22. The first-order valence-electron chi connectivity index (χ1n) is 10.0. The number of rotatable bonds is 5. The average Bonchev–Trinajstić information content (AvgIpc) is 2.84. The number of hydrogen-bond donors (Lipinski definition) is 1. The molecule has 0 saturated heterocycles. The van der Waals surface area contributed by atoms with Gasteiger partial charge in [-0.1, -0.05) is 24.3 Å². The molecule has 0 bridgehead atoms. The molecular weight excluding hydrogens is 440 g/mol. The number of carbonyl (C=O) groups is 1. The molecule has 0 saturated carbocycles. The number of nitriles is 1. The van der Waals surface area contributed by atoms with E-state index < -0.39 is 11.1 Å². The highest BCUT2D eigenvalue weighted by Gasteiger charge is 2.20. The molecular formula is C24H19N4O4S-. The number of aromatic nitrogens is 1. The number of anilines is 2. The van der Waals surface area contributed by atoms with Gasteiger partial charge in [-0.3, -0.25) is 9.00 Å². The van der Waals surface area contributed by atoms with Crippen LogP contribution in [-0.2, 0) is 15.8 Å². The predicted octanol–water partition coefficient (Wildman–Crippen LogP) is 3.70. The van der Waals surface area contributed by atoms with Crippen LogP contribution in [0.1, 0.15) is 21.5 Å². The van der Waals surface area contributed by atoms with Crippen molar-refractivity contribution in [1.82, 2.24) is 4.98 Å². The number of pyridine rings is 1. The van der Waals surface area contributed by atoms with Crippen molar-refractivity contribution >= 4 is 28.5 Å². The number of carbonyl (C=O) groups excluding carboxylic acids is 1. The van der Waals surface area contributed by atoms with E-state index in [1.54, 1.807) is 47.5 Å². The molecule has 4 rings (SSSR count). The molecule has 0 aliphatic carbocycles. The Labute approximate surface area is 193 Å². The molecule has 0 fully saturated rings. The number of amides is 1. The molecule has 1 aliphatic rings. The smallest absolute Gasteiger partial charge is 0.256 e. The summed E-state index contributed by atoms with van der Waals surface area (Å²) in [5.74, 6) is 0.0973. The van der Waals surface area contributed by atoms with Gasteiger partial charge in [-0.15, -0.1) is 0 Å². The second kappa shape index (κ2) is 9.65. The second-order valence-corrected chi connectivity index (χ2v) is 8.09. The molecule has 1 N–H and O–H groups in total. The molecule has 0 radical (unpaired) electrons. The van der Waals surface area contributed by atoms with E-state index in [4.69, 9.17) is 10.00 Å². The lowest BCUT2D eigenvalue weighted by Crippen LogP contribution is -2.29. The zero-order chi connectivity index (χ0) is 23.4. The maximum absolute atomic E-state index is 13.2. The molecule has 8 nitrogen and oxygen atoms in total. The molecule has 0 spiro atoms. The van der Waals surface area contributed by atoms with Gasteiger partial charge in [-0.25, -0.2) is 4.98 Å². The van der Waals surface area contributed by atoms with Gasteiger partial charge in [-0.2, -0.15) is 5.26 Å². The third kappa shape index (κ3) is 4.77. The third-order valence-electron chi connectivity index (χ3n) is 5.21. The normalized spacial score (nSPS) is 14.0. The monoisotopic (exact) mass is 459 g/mol. The Morgan fingerprint density at radius 1 is 1.21 bits per heavy atom. The summed E-state index contributed by atoms with van der Waals surface area (Å²) in [5.41, 5.74) is 4.08. The fourth-order valence-corrected chi connectivity index (χ4v) is 3.96. The lowest BCUT2D eigenvalue weighted by atomic mass is 9.95. The molecule has 2 heterocycles. The van der Waals surface area contributed by atoms with Crippen molar-refractivity contribution in [3.05, 3.63) is 88.8 Å².